The van der Waals surface area contributed by atoms with Crippen LogP contribution in [0.25, 0.3) is 0 Å². The third kappa shape index (κ3) is 3.31. The summed E-state index contributed by atoms with van der Waals surface area (Å²) in [6.45, 7) is 6.06. The van der Waals surface area contributed by atoms with Gasteiger partial charge >= 0.3 is 11.9 Å². The van der Waals surface area contributed by atoms with Crippen molar-refractivity contribution in [3.8, 4) is 0 Å². The summed E-state index contributed by atoms with van der Waals surface area (Å²) in [4.78, 5) is 32.7. The van der Waals surface area contributed by atoms with E-state index >= 15 is 0 Å². The lowest BCUT2D eigenvalue weighted by molar-refractivity contribution is -0.919. The van der Waals surface area contributed by atoms with Crippen molar-refractivity contribution in [3.05, 3.63) is 36.2 Å². The first-order chi connectivity index (χ1) is 16.3. The first-order valence-electron chi connectivity index (χ1n) is 11.5. The number of aliphatic imine (C=N–C) groups is 2. The van der Waals surface area contributed by atoms with E-state index in [1.54, 1.807) is 12.4 Å². The van der Waals surface area contributed by atoms with Crippen LogP contribution in [-0.4, -0.2) is 65.0 Å². The second-order valence-corrected chi connectivity index (χ2v) is 9.99. The maximum atomic E-state index is 12.2. The summed E-state index contributed by atoms with van der Waals surface area (Å²) in [6, 6.07) is 5.95. The number of quaternary nitrogens is 1. The Morgan fingerprint density at radius 1 is 1.21 bits per heavy atom. The molecule has 5 aliphatic heterocycles. The molecule has 3 N–H and O–H groups in total. The molecule has 176 valence electrons. The summed E-state index contributed by atoms with van der Waals surface area (Å²) in [5.74, 6) is 1.17. The van der Waals surface area contributed by atoms with Crippen molar-refractivity contribution in [1.82, 2.24) is 10.3 Å². The molecule has 0 bridgehead atoms. The Kier molecular flexibility index (Phi) is 4.45. The van der Waals surface area contributed by atoms with Crippen LogP contribution >= 0.6 is 0 Å². The van der Waals surface area contributed by atoms with Gasteiger partial charge in [-0.1, -0.05) is 19.9 Å². The molecule has 11 heteroatoms. The molecule has 1 spiro atoms. The maximum absolute atomic E-state index is 12.2. The van der Waals surface area contributed by atoms with Gasteiger partial charge in [0.1, 0.15) is 11.8 Å². The summed E-state index contributed by atoms with van der Waals surface area (Å²) in [5.41, 5.74) is 2.05. The van der Waals surface area contributed by atoms with Gasteiger partial charge in [0.25, 0.3) is 5.96 Å². The minimum absolute atomic E-state index is 0.0158. The number of carbonyl (C=O) groups excluding carboxylic acids is 2. The zero-order valence-electron chi connectivity index (χ0n) is 19.2. The number of benzene rings is 1. The summed E-state index contributed by atoms with van der Waals surface area (Å²) < 4.78 is 5.66. The van der Waals surface area contributed by atoms with Gasteiger partial charge in [0.15, 0.2) is 6.20 Å². The quantitative estimate of drug-likeness (QED) is 0.581. The Morgan fingerprint density at radius 3 is 2.79 bits per heavy atom. The highest BCUT2D eigenvalue weighted by Gasteiger charge is 2.52. The van der Waals surface area contributed by atoms with E-state index < -0.39 is 5.60 Å². The van der Waals surface area contributed by atoms with E-state index in [1.807, 2.05) is 24.4 Å². The second-order valence-electron chi connectivity index (χ2n) is 9.99. The Labute approximate surface area is 196 Å². The average Bonchev–Trinajstić information content (AvgIpc) is 3.33. The number of hydrogen-bond acceptors (Lipinski definition) is 8. The number of rotatable bonds is 2. The fraction of sp³-hybridized carbons (Fsp3) is 0.435. The Morgan fingerprint density at radius 2 is 2.03 bits per heavy atom. The summed E-state index contributed by atoms with van der Waals surface area (Å²) in [6.07, 6.45) is 6.89. The second kappa shape index (κ2) is 7.21. The van der Waals surface area contributed by atoms with Gasteiger partial charge in [0, 0.05) is 36.1 Å². The van der Waals surface area contributed by atoms with E-state index in [0.29, 0.717) is 50.7 Å². The lowest BCUT2D eigenvalue weighted by atomic mass is 9.78. The van der Waals surface area contributed by atoms with Gasteiger partial charge < -0.3 is 20.7 Å². The minimum Gasteiger partial charge on any atom is -0.441 e. The molecule has 6 rings (SSSR count). The molecular formula is C23H27N8O3+. The molecule has 34 heavy (non-hydrogen) atoms. The van der Waals surface area contributed by atoms with E-state index in [0.717, 1.165) is 16.9 Å². The molecule has 1 aromatic rings. The van der Waals surface area contributed by atoms with Gasteiger partial charge in [-0.15, -0.1) is 10.0 Å². The first kappa shape index (κ1) is 21.0. The number of fused-ring (bicyclic) bond motifs is 2. The van der Waals surface area contributed by atoms with Crippen LogP contribution in [0.1, 0.15) is 38.7 Å². The van der Waals surface area contributed by atoms with Crippen LogP contribution in [0.3, 0.4) is 0 Å². The Hall–Kier alpha value is -3.57. The van der Waals surface area contributed by atoms with Crippen LogP contribution in [-0.2, 0) is 14.9 Å². The number of hydrogen-bond donors (Lipinski definition) is 3. The number of guanidine groups is 1. The van der Waals surface area contributed by atoms with Crippen molar-refractivity contribution in [2.75, 3.05) is 30.3 Å². The zero-order chi connectivity index (χ0) is 23.6. The molecule has 5 heterocycles. The third-order valence-electron chi connectivity index (χ3n) is 7.18. The maximum Gasteiger partial charge on any atom is 0.407 e. The number of ether oxygens (including phenoxy) is 1. The van der Waals surface area contributed by atoms with E-state index in [1.165, 1.54) is 0 Å². The van der Waals surface area contributed by atoms with Gasteiger partial charge in [0.05, 0.1) is 25.8 Å². The predicted molar refractivity (Wildman–Crippen MR) is 127 cm³/mol. The van der Waals surface area contributed by atoms with Crippen LogP contribution in [0.2, 0.25) is 0 Å². The van der Waals surface area contributed by atoms with Crippen molar-refractivity contribution < 1.29 is 19.0 Å². The van der Waals surface area contributed by atoms with Crippen LogP contribution in [0, 0.1) is 0 Å². The van der Waals surface area contributed by atoms with Crippen molar-refractivity contribution in [1.29, 1.82) is 0 Å². The number of nitrogens with zero attached hydrogens (tertiary/aromatic N) is 5. The number of carbonyl (C=O) groups is 2. The van der Waals surface area contributed by atoms with Crippen LogP contribution in [0.15, 0.2) is 45.7 Å². The lowest BCUT2D eigenvalue weighted by Gasteiger charge is -2.41. The molecular weight excluding hydrogens is 436 g/mol. The van der Waals surface area contributed by atoms with Crippen molar-refractivity contribution >= 4 is 41.4 Å². The predicted octanol–water partition coefficient (Wildman–Crippen LogP) is 2.26. The zero-order valence-corrected chi connectivity index (χ0v) is 19.2. The standard InChI is InChI=1S/C23H26N8O3/c1-22(2)12-19(32)27-17-11-15(3-4-16(17)22)26-20-28-18-13-24-7-10-31(18,29-20)30-8-5-23(6-9-30)14-25-21(33)34-23/h3-4,7,10-11,13H,5-6,8-9,12,14H2,1-2H3,(H2-,25,26,27,29,32,33)/p+1. The molecule has 0 saturated carbocycles. The number of nitrogens with one attached hydrogen (secondary N) is 3. The van der Waals surface area contributed by atoms with Crippen LogP contribution in [0.4, 0.5) is 16.2 Å². The fourth-order valence-corrected chi connectivity index (χ4v) is 5.34. The molecule has 0 aromatic heterocycles. The van der Waals surface area contributed by atoms with E-state index in [2.05, 4.69) is 39.8 Å². The average molecular weight is 464 g/mol. The van der Waals surface area contributed by atoms with Crippen molar-refractivity contribution in [2.45, 2.75) is 44.1 Å². The molecule has 2 amide bonds. The highest BCUT2D eigenvalue weighted by Crippen LogP contribution is 2.39. The molecule has 1 atom stereocenters. The topological polar surface area (TPSA) is 120 Å². The van der Waals surface area contributed by atoms with E-state index in [4.69, 9.17) is 14.8 Å². The molecule has 11 nitrogen and oxygen atoms in total. The van der Waals surface area contributed by atoms with Crippen molar-refractivity contribution in [2.24, 2.45) is 15.1 Å². The molecule has 1 aromatic carbocycles. The Bertz CT molecular complexity index is 1210. The van der Waals surface area contributed by atoms with Gasteiger partial charge in [0.2, 0.25) is 5.91 Å². The SMILES string of the molecule is CC1(C)CC(=O)Nc2cc(NC3=N[N+]4(N5CCC6(CC5)CNC(=O)O6)C=CN=CC4=N3)ccc21. The number of anilines is 2. The Balaban J connectivity index is 1.25. The summed E-state index contributed by atoms with van der Waals surface area (Å²) >= 11 is 0. The lowest BCUT2D eigenvalue weighted by Crippen LogP contribution is -2.61. The molecule has 2 fully saturated rings. The number of alkyl carbamates (subject to hydrolysis) is 1. The first-order valence-corrected chi connectivity index (χ1v) is 11.5. The van der Waals surface area contributed by atoms with E-state index in [9.17, 15) is 9.59 Å². The highest BCUT2D eigenvalue weighted by atomic mass is 16.6. The van der Waals surface area contributed by atoms with E-state index in [-0.39, 0.29) is 22.1 Å². The van der Waals surface area contributed by atoms with Gasteiger partial charge in [-0.25, -0.2) is 4.79 Å². The highest BCUT2D eigenvalue weighted by molar-refractivity contribution is 6.30. The number of amidine groups is 1. The normalized spacial score (nSPS) is 28.4. The van der Waals surface area contributed by atoms with Gasteiger partial charge in [-0.3, -0.25) is 9.79 Å². The monoisotopic (exact) mass is 463 g/mol. The molecule has 0 aliphatic carbocycles. The van der Waals surface area contributed by atoms with Gasteiger partial charge in [-0.05, 0) is 27.5 Å². The molecule has 1 unspecified atom stereocenters. The van der Waals surface area contributed by atoms with Crippen LogP contribution in [0.5, 0.6) is 0 Å². The fourth-order valence-electron chi connectivity index (χ4n) is 5.34. The number of piperidine rings is 1. The smallest absolute Gasteiger partial charge is 0.407 e. The van der Waals surface area contributed by atoms with Gasteiger partial charge in [-0.2, -0.15) is 0 Å². The summed E-state index contributed by atoms with van der Waals surface area (Å²) in [5, 5.41) is 16.2. The number of amides is 2. The van der Waals surface area contributed by atoms with Crippen molar-refractivity contribution in [3.63, 3.8) is 0 Å². The molecule has 2 saturated heterocycles. The molecule has 5 aliphatic rings. The third-order valence-corrected chi connectivity index (χ3v) is 7.18. The minimum atomic E-state index is -0.442. The largest absolute Gasteiger partial charge is 0.441 e. The molecule has 0 radical (unpaired) electrons. The van der Waals surface area contributed by atoms with Crippen LogP contribution < -0.4 is 16.0 Å². The summed E-state index contributed by atoms with van der Waals surface area (Å²) in [7, 11) is 0.